The molecule has 0 aromatic heterocycles. The number of benzene rings is 1. The Labute approximate surface area is 168 Å². The molecule has 0 unspecified atom stereocenters. The van der Waals surface area contributed by atoms with E-state index in [9.17, 15) is 4.79 Å². The Morgan fingerprint density at radius 2 is 2.00 bits per heavy atom. The molecule has 0 atom stereocenters. The molecule has 0 bridgehead atoms. The highest BCUT2D eigenvalue weighted by molar-refractivity contribution is 5.98. The Bertz CT molecular complexity index is 656. The first kappa shape index (κ1) is 20.6. The van der Waals surface area contributed by atoms with Crippen molar-refractivity contribution in [1.29, 1.82) is 0 Å². The predicted molar refractivity (Wildman–Crippen MR) is 114 cm³/mol. The van der Waals surface area contributed by atoms with Crippen LogP contribution >= 0.6 is 0 Å². The van der Waals surface area contributed by atoms with E-state index in [1.807, 2.05) is 23.1 Å². The van der Waals surface area contributed by atoms with Crippen LogP contribution in [0.5, 0.6) is 0 Å². The largest absolute Gasteiger partial charge is 0.378 e. The fourth-order valence-electron chi connectivity index (χ4n) is 4.03. The van der Waals surface area contributed by atoms with E-state index >= 15 is 0 Å². The minimum atomic E-state index is 0.0794. The number of para-hydroxylation sites is 1. The van der Waals surface area contributed by atoms with E-state index in [1.54, 1.807) is 7.05 Å². The third-order valence-corrected chi connectivity index (χ3v) is 5.56. The van der Waals surface area contributed by atoms with Crippen molar-refractivity contribution < 1.29 is 9.53 Å². The lowest BCUT2D eigenvalue weighted by Gasteiger charge is -2.29. The van der Waals surface area contributed by atoms with Gasteiger partial charge in [-0.25, -0.2) is 0 Å². The van der Waals surface area contributed by atoms with Crippen LogP contribution in [0.15, 0.2) is 29.3 Å². The molecule has 1 saturated carbocycles. The molecule has 0 saturated heterocycles. The molecule has 28 heavy (non-hydrogen) atoms. The fraction of sp³-hybridized carbons (Fsp3) is 0.636. The third kappa shape index (κ3) is 5.96. The number of carbonyl (C=O) groups excluding carboxylic acids is 1. The average molecular weight is 387 g/mol. The van der Waals surface area contributed by atoms with Gasteiger partial charge >= 0.3 is 0 Å². The molecule has 154 valence electrons. The van der Waals surface area contributed by atoms with Gasteiger partial charge in [-0.1, -0.05) is 37.5 Å². The highest BCUT2D eigenvalue weighted by Crippen LogP contribution is 2.26. The molecule has 1 fully saturated rings. The summed E-state index contributed by atoms with van der Waals surface area (Å²) < 4.78 is 5.95. The molecular formula is C22H34N4O2. The zero-order valence-electron chi connectivity index (χ0n) is 17.1. The molecule has 6 heteroatoms. The summed E-state index contributed by atoms with van der Waals surface area (Å²) in [6.07, 6.45) is 9.81. The summed E-state index contributed by atoms with van der Waals surface area (Å²) in [6.45, 7) is 2.58. The quantitative estimate of drug-likeness (QED) is 0.430. The number of guanidine groups is 1. The Morgan fingerprint density at radius 3 is 2.82 bits per heavy atom. The number of rotatable bonds is 7. The number of nitrogens with zero attached hydrogens (tertiary/aromatic N) is 2. The number of carbonyl (C=O) groups is 1. The molecule has 0 radical (unpaired) electrons. The van der Waals surface area contributed by atoms with Gasteiger partial charge in [0, 0.05) is 32.4 Å². The summed E-state index contributed by atoms with van der Waals surface area (Å²) in [4.78, 5) is 18.8. The summed E-state index contributed by atoms with van der Waals surface area (Å²) in [5.74, 6) is 0.743. The first-order chi connectivity index (χ1) is 13.8. The molecule has 1 heterocycles. The van der Waals surface area contributed by atoms with Crippen molar-refractivity contribution in [2.75, 3.05) is 38.2 Å². The Balaban J connectivity index is 1.35. The van der Waals surface area contributed by atoms with Gasteiger partial charge in [0.25, 0.3) is 0 Å². The molecule has 1 aliphatic carbocycles. The number of hydrogen-bond acceptors (Lipinski definition) is 3. The van der Waals surface area contributed by atoms with Gasteiger partial charge in [0.1, 0.15) is 0 Å². The summed E-state index contributed by atoms with van der Waals surface area (Å²) in [6, 6.07) is 8.17. The number of aryl methyl sites for hydroxylation is 1. The lowest BCUT2D eigenvalue weighted by molar-refractivity contribution is -0.117. The van der Waals surface area contributed by atoms with Gasteiger partial charge in [-0.15, -0.1) is 0 Å². The van der Waals surface area contributed by atoms with E-state index in [-0.39, 0.29) is 12.5 Å². The molecule has 3 rings (SSSR count). The Hall–Kier alpha value is -2.08. The van der Waals surface area contributed by atoms with Crippen LogP contribution in [0.4, 0.5) is 5.69 Å². The van der Waals surface area contributed by atoms with Gasteiger partial charge in [-0.05, 0) is 43.7 Å². The van der Waals surface area contributed by atoms with Crippen LogP contribution < -0.4 is 15.5 Å². The van der Waals surface area contributed by atoms with Gasteiger partial charge in [0.2, 0.25) is 5.91 Å². The van der Waals surface area contributed by atoms with Crippen molar-refractivity contribution >= 4 is 17.6 Å². The van der Waals surface area contributed by atoms with Crippen LogP contribution in [0.1, 0.15) is 50.5 Å². The van der Waals surface area contributed by atoms with E-state index in [1.165, 1.54) is 37.7 Å². The van der Waals surface area contributed by atoms with Gasteiger partial charge in [0.05, 0.1) is 12.6 Å². The zero-order chi connectivity index (χ0) is 19.6. The van der Waals surface area contributed by atoms with Gasteiger partial charge in [0.15, 0.2) is 5.96 Å². The first-order valence-electron chi connectivity index (χ1n) is 10.7. The van der Waals surface area contributed by atoms with E-state index in [2.05, 4.69) is 21.7 Å². The fourth-order valence-corrected chi connectivity index (χ4v) is 4.03. The lowest BCUT2D eigenvalue weighted by atomic mass is 9.98. The third-order valence-electron chi connectivity index (χ3n) is 5.56. The standard InChI is InChI=1S/C22H34N4O2/c1-23-22(24-14-8-16-28-19-11-3-2-4-12-19)25-17-21(27)26-15-7-10-18-9-5-6-13-20(18)26/h5-6,9,13,19H,2-4,7-8,10-12,14-17H2,1H3,(H2,23,24,25). The number of anilines is 1. The second-order valence-corrected chi connectivity index (χ2v) is 7.61. The summed E-state index contributed by atoms with van der Waals surface area (Å²) >= 11 is 0. The smallest absolute Gasteiger partial charge is 0.246 e. The maximum absolute atomic E-state index is 12.7. The highest BCUT2D eigenvalue weighted by Gasteiger charge is 2.22. The molecule has 1 aliphatic heterocycles. The van der Waals surface area contributed by atoms with Crippen molar-refractivity contribution in [3.05, 3.63) is 29.8 Å². The summed E-state index contributed by atoms with van der Waals surface area (Å²) in [5, 5.41) is 6.42. The van der Waals surface area contributed by atoms with Crippen LogP contribution in [0.25, 0.3) is 0 Å². The van der Waals surface area contributed by atoms with Crippen LogP contribution in [0.3, 0.4) is 0 Å². The van der Waals surface area contributed by atoms with Crippen molar-refractivity contribution in [2.45, 2.75) is 57.5 Å². The number of amides is 1. The van der Waals surface area contributed by atoms with Crippen molar-refractivity contribution in [3.63, 3.8) is 0 Å². The van der Waals surface area contributed by atoms with Crippen molar-refractivity contribution in [1.82, 2.24) is 10.6 Å². The molecule has 2 aliphatic rings. The minimum Gasteiger partial charge on any atom is -0.378 e. The van der Waals surface area contributed by atoms with Gasteiger partial charge in [-0.2, -0.15) is 0 Å². The zero-order valence-corrected chi connectivity index (χ0v) is 17.1. The Kier molecular flexibility index (Phi) is 8.15. The molecule has 6 nitrogen and oxygen atoms in total. The minimum absolute atomic E-state index is 0.0794. The van der Waals surface area contributed by atoms with E-state index in [4.69, 9.17) is 4.74 Å². The summed E-state index contributed by atoms with van der Waals surface area (Å²) in [7, 11) is 1.73. The van der Waals surface area contributed by atoms with Crippen LogP contribution in [0, 0.1) is 0 Å². The first-order valence-corrected chi connectivity index (χ1v) is 10.7. The van der Waals surface area contributed by atoms with Crippen LogP contribution in [-0.4, -0.2) is 51.3 Å². The molecular weight excluding hydrogens is 352 g/mol. The second kappa shape index (κ2) is 11.1. The topological polar surface area (TPSA) is 66.0 Å². The van der Waals surface area contributed by atoms with Gasteiger partial charge in [-0.3, -0.25) is 9.79 Å². The van der Waals surface area contributed by atoms with Gasteiger partial charge < -0.3 is 20.3 Å². The van der Waals surface area contributed by atoms with Crippen LogP contribution in [-0.2, 0) is 16.0 Å². The van der Waals surface area contributed by atoms with Crippen molar-refractivity contribution in [3.8, 4) is 0 Å². The van der Waals surface area contributed by atoms with Crippen molar-refractivity contribution in [2.24, 2.45) is 4.99 Å². The summed E-state index contributed by atoms with van der Waals surface area (Å²) in [5.41, 5.74) is 2.30. The normalized spacial score (nSPS) is 17.9. The monoisotopic (exact) mass is 386 g/mol. The number of aliphatic imine (C=N–C) groups is 1. The molecule has 2 N–H and O–H groups in total. The SMILES string of the molecule is CN=C(NCCCOC1CCCCC1)NCC(=O)N1CCCc2ccccc21. The number of nitrogens with one attached hydrogen (secondary N) is 2. The maximum atomic E-state index is 12.7. The number of ether oxygens (including phenoxy) is 1. The Morgan fingerprint density at radius 1 is 1.18 bits per heavy atom. The van der Waals surface area contributed by atoms with E-state index < -0.39 is 0 Å². The molecule has 1 aromatic carbocycles. The average Bonchev–Trinajstić information content (AvgIpc) is 2.75. The molecule has 1 aromatic rings. The highest BCUT2D eigenvalue weighted by atomic mass is 16.5. The molecule has 1 amide bonds. The predicted octanol–water partition coefficient (Wildman–Crippen LogP) is 2.87. The van der Waals surface area contributed by atoms with E-state index in [0.29, 0.717) is 12.1 Å². The van der Waals surface area contributed by atoms with E-state index in [0.717, 1.165) is 44.6 Å². The van der Waals surface area contributed by atoms with Crippen LogP contribution in [0.2, 0.25) is 0 Å². The second-order valence-electron chi connectivity index (χ2n) is 7.61. The number of fused-ring (bicyclic) bond motifs is 1. The number of hydrogen-bond donors (Lipinski definition) is 2. The maximum Gasteiger partial charge on any atom is 0.246 e. The molecule has 0 spiro atoms. The lowest BCUT2D eigenvalue weighted by Crippen LogP contribution is -2.46.